The number of ether oxygens (including phenoxy) is 2. The molecule has 0 radical (unpaired) electrons. The van der Waals surface area contributed by atoms with Crippen molar-refractivity contribution >= 4 is 12.0 Å². The van der Waals surface area contributed by atoms with E-state index in [9.17, 15) is 10.1 Å². The van der Waals surface area contributed by atoms with Gasteiger partial charge in [0.25, 0.3) is 5.91 Å². The summed E-state index contributed by atoms with van der Waals surface area (Å²) in [5.41, 5.74) is 2.18. The van der Waals surface area contributed by atoms with Crippen LogP contribution in [0, 0.1) is 22.7 Å². The Balaban J connectivity index is 1.98. The number of amides is 1. The number of hydrogen-bond donors (Lipinski definition) is 1. The van der Waals surface area contributed by atoms with E-state index in [4.69, 9.17) is 14.7 Å². The molecular formula is C21H19N3O3. The molecule has 0 saturated carbocycles. The highest BCUT2D eigenvalue weighted by atomic mass is 16.5. The molecule has 0 unspecified atom stereocenters. The van der Waals surface area contributed by atoms with Crippen LogP contribution >= 0.6 is 0 Å². The highest BCUT2D eigenvalue weighted by Crippen LogP contribution is 2.27. The van der Waals surface area contributed by atoms with Crippen LogP contribution in [0.15, 0.2) is 48.0 Å². The average Bonchev–Trinajstić information content (AvgIpc) is 2.72. The van der Waals surface area contributed by atoms with Crippen molar-refractivity contribution in [1.29, 1.82) is 10.5 Å². The van der Waals surface area contributed by atoms with Crippen LogP contribution in [0.4, 0.5) is 0 Å². The first kappa shape index (κ1) is 19.6. The highest BCUT2D eigenvalue weighted by Gasteiger charge is 2.09. The molecule has 0 atom stereocenters. The number of carbonyl (C=O) groups excluding carboxylic acids is 1. The van der Waals surface area contributed by atoms with Gasteiger partial charge in [0, 0.05) is 6.54 Å². The van der Waals surface area contributed by atoms with E-state index in [0.717, 1.165) is 5.56 Å². The van der Waals surface area contributed by atoms with E-state index < -0.39 is 5.91 Å². The van der Waals surface area contributed by atoms with Crippen LogP contribution in [0.25, 0.3) is 6.08 Å². The first-order valence-corrected chi connectivity index (χ1v) is 8.22. The van der Waals surface area contributed by atoms with Gasteiger partial charge in [-0.15, -0.1) is 0 Å². The van der Waals surface area contributed by atoms with Crippen LogP contribution in [0.3, 0.4) is 0 Å². The molecule has 2 rings (SSSR count). The largest absolute Gasteiger partial charge is 0.493 e. The fourth-order valence-corrected chi connectivity index (χ4v) is 2.42. The third-order valence-corrected chi connectivity index (χ3v) is 3.86. The number of hydrogen-bond acceptors (Lipinski definition) is 5. The topological polar surface area (TPSA) is 95.1 Å². The normalized spacial score (nSPS) is 10.4. The SMILES string of the molecule is COc1ccc(CCNC(=O)C(C#N)=Cc2ccc(C#N)cc2)cc1OC. The van der Waals surface area contributed by atoms with Gasteiger partial charge in [0.1, 0.15) is 11.6 Å². The molecule has 0 aromatic heterocycles. The van der Waals surface area contributed by atoms with E-state index >= 15 is 0 Å². The molecule has 0 saturated heterocycles. The lowest BCUT2D eigenvalue weighted by molar-refractivity contribution is -0.117. The van der Waals surface area contributed by atoms with E-state index in [1.165, 1.54) is 6.08 Å². The highest BCUT2D eigenvalue weighted by molar-refractivity contribution is 6.01. The molecule has 6 nitrogen and oxygen atoms in total. The standard InChI is InChI=1S/C21H19N3O3/c1-26-19-8-7-16(12-20(19)27-2)9-10-24-21(25)18(14-23)11-15-3-5-17(13-22)6-4-15/h3-8,11-12H,9-10H2,1-2H3,(H,24,25). The Bertz CT molecular complexity index is 919. The van der Waals surface area contributed by atoms with Crippen LogP contribution < -0.4 is 14.8 Å². The Hall–Kier alpha value is -3.77. The molecule has 136 valence electrons. The number of methoxy groups -OCH3 is 2. The van der Waals surface area contributed by atoms with Gasteiger partial charge in [-0.05, 0) is 47.9 Å². The Morgan fingerprint density at radius 3 is 2.37 bits per heavy atom. The van der Waals surface area contributed by atoms with E-state index in [1.54, 1.807) is 38.5 Å². The maximum atomic E-state index is 12.2. The molecule has 1 amide bonds. The molecule has 0 heterocycles. The van der Waals surface area contributed by atoms with Crippen molar-refractivity contribution in [3.05, 3.63) is 64.7 Å². The van der Waals surface area contributed by atoms with Gasteiger partial charge in [-0.3, -0.25) is 4.79 Å². The molecule has 0 aliphatic carbocycles. The zero-order chi connectivity index (χ0) is 19.6. The predicted octanol–water partition coefficient (Wildman–Crippen LogP) is 2.84. The number of carbonyl (C=O) groups is 1. The summed E-state index contributed by atoms with van der Waals surface area (Å²) in [7, 11) is 3.14. The van der Waals surface area contributed by atoms with Gasteiger partial charge in [-0.1, -0.05) is 18.2 Å². The zero-order valence-electron chi connectivity index (χ0n) is 15.2. The lowest BCUT2D eigenvalue weighted by atomic mass is 10.1. The minimum absolute atomic E-state index is 0.00650. The lowest BCUT2D eigenvalue weighted by Crippen LogP contribution is -2.26. The number of nitrogens with zero attached hydrogens (tertiary/aromatic N) is 2. The van der Waals surface area contributed by atoms with Crippen molar-refractivity contribution < 1.29 is 14.3 Å². The van der Waals surface area contributed by atoms with Crippen LogP contribution in [-0.2, 0) is 11.2 Å². The Morgan fingerprint density at radius 1 is 1.07 bits per heavy atom. The molecule has 2 aromatic carbocycles. The van der Waals surface area contributed by atoms with Crippen LogP contribution in [0.5, 0.6) is 11.5 Å². The van der Waals surface area contributed by atoms with E-state index in [-0.39, 0.29) is 5.57 Å². The van der Waals surface area contributed by atoms with Crippen LogP contribution in [0.2, 0.25) is 0 Å². The Morgan fingerprint density at radius 2 is 1.78 bits per heavy atom. The lowest BCUT2D eigenvalue weighted by Gasteiger charge is -2.10. The molecule has 1 N–H and O–H groups in total. The van der Waals surface area contributed by atoms with Crippen molar-refractivity contribution in [2.45, 2.75) is 6.42 Å². The minimum atomic E-state index is -0.442. The molecular weight excluding hydrogens is 342 g/mol. The summed E-state index contributed by atoms with van der Waals surface area (Å²) in [6.07, 6.45) is 2.08. The quantitative estimate of drug-likeness (QED) is 0.604. The van der Waals surface area contributed by atoms with Gasteiger partial charge < -0.3 is 14.8 Å². The molecule has 0 fully saturated rings. The molecule has 0 bridgehead atoms. The van der Waals surface area contributed by atoms with Crippen LogP contribution in [-0.4, -0.2) is 26.7 Å². The zero-order valence-corrected chi connectivity index (χ0v) is 15.2. The number of benzene rings is 2. The maximum absolute atomic E-state index is 12.2. The van der Waals surface area contributed by atoms with Gasteiger partial charge in [0.15, 0.2) is 11.5 Å². The second-order valence-corrected chi connectivity index (χ2v) is 5.60. The van der Waals surface area contributed by atoms with Crippen molar-refractivity contribution in [2.75, 3.05) is 20.8 Å². The van der Waals surface area contributed by atoms with E-state index in [2.05, 4.69) is 5.32 Å². The summed E-state index contributed by atoms with van der Waals surface area (Å²) in [6.45, 7) is 0.376. The monoisotopic (exact) mass is 361 g/mol. The van der Waals surface area contributed by atoms with Gasteiger partial charge in [-0.2, -0.15) is 10.5 Å². The second-order valence-electron chi connectivity index (χ2n) is 5.60. The predicted molar refractivity (Wildman–Crippen MR) is 101 cm³/mol. The smallest absolute Gasteiger partial charge is 0.261 e. The maximum Gasteiger partial charge on any atom is 0.261 e. The summed E-state index contributed by atoms with van der Waals surface area (Å²) < 4.78 is 10.5. The molecule has 2 aromatic rings. The van der Waals surface area contributed by atoms with Crippen molar-refractivity contribution in [1.82, 2.24) is 5.32 Å². The third kappa shape index (κ3) is 5.35. The summed E-state index contributed by atoms with van der Waals surface area (Å²) in [6, 6.07) is 16.1. The fraction of sp³-hybridized carbons (Fsp3) is 0.190. The van der Waals surface area contributed by atoms with Crippen LogP contribution in [0.1, 0.15) is 16.7 Å². The number of rotatable bonds is 7. The first-order chi connectivity index (χ1) is 13.1. The minimum Gasteiger partial charge on any atom is -0.493 e. The summed E-state index contributed by atoms with van der Waals surface area (Å²) in [5, 5.41) is 20.8. The van der Waals surface area contributed by atoms with Crippen molar-refractivity contribution in [3.63, 3.8) is 0 Å². The average molecular weight is 361 g/mol. The fourth-order valence-electron chi connectivity index (χ4n) is 2.42. The van der Waals surface area contributed by atoms with E-state index in [0.29, 0.717) is 35.6 Å². The summed E-state index contributed by atoms with van der Waals surface area (Å²) in [5.74, 6) is 0.824. The van der Waals surface area contributed by atoms with Gasteiger partial charge >= 0.3 is 0 Å². The molecule has 0 aliphatic heterocycles. The Kier molecular flexibility index (Phi) is 6.99. The number of nitrogens with one attached hydrogen (secondary N) is 1. The third-order valence-electron chi connectivity index (χ3n) is 3.86. The summed E-state index contributed by atoms with van der Waals surface area (Å²) >= 11 is 0. The van der Waals surface area contributed by atoms with Gasteiger partial charge in [-0.25, -0.2) is 0 Å². The van der Waals surface area contributed by atoms with E-state index in [1.807, 2.05) is 30.3 Å². The molecule has 0 aliphatic rings. The molecule has 0 spiro atoms. The number of nitriles is 2. The Labute approximate surface area is 158 Å². The second kappa shape index (κ2) is 9.65. The van der Waals surface area contributed by atoms with Crippen molar-refractivity contribution in [3.8, 4) is 23.6 Å². The molecule has 6 heteroatoms. The first-order valence-electron chi connectivity index (χ1n) is 8.22. The van der Waals surface area contributed by atoms with Gasteiger partial charge in [0.2, 0.25) is 0 Å². The molecule has 27 heavy (non-hydrogen) atoms. The van der Waals surface area contributed by atoms with Gasteiger partial charge in [0.05, 0.1) is 25.9 Å². The summed E-state index contributed by atoms with van der Waals surface area (Å²) in [4.78, 5) is 12.2. The van der Waals surface area contributed by atoms with Crippen molar-refractivity contribution in [2.24, 2.45) is 0 Å².